The smallest absolute Gasteiger partial charge is 0.220 e. The molecule has 0 radical (unpaired) electrons. The van der Waals surface area contributed by atoms with Crippen LogP contribution < -0.4 is 5.32 Å². The molecule has 4 heteroatoms. The largest absolute Gasteiger partial charge is 0.390 e. The van der Waals surface area contributed by atoms with Gasteiger partial charge < -0.3 is 15.5 Å². The zero-order valence-corrected chi connectivity index (χ0v) is 5.58. The Bertz CT molecular complexity index is 123. The highest BCUT2D eigenvalue weighted by Gasteiger charge is 2.21. The Morgan fingerprint density at radius 2 is 2.10 bits per heavy atom. The SMILES string of the molecule is O=C1CCC(O)C(O)CN1. The molecule has 0 aromatic rings. The molecular formula is C6H11NO3. The summed E-state index contributed by atoms with van der Waals surface area (Å²) in [5.41, 5.74) is 0. The van der Waals surface area contributed by atoms with Gasteiger partial charge in [0.25, 0.3) is 0 Å². The van der Waals surface area contributed by atoms with Crippen LogP contribution in [0.1, 0.15) is 12.8 Å². The molecule has 1 rings (SSSR count). The second-order valence-electron chi connectivity index (χ2n) is 2.48. The summed E-state index contributed by atoms with van der Waals surface area (Å²) in [6.45, 7) is 0.167. The van der Waals surface area contributed by atoms with E-state index in [1.165, 1.54) is 0 Å². The molecule has 0 aromatic heterocycles. The number of hydrogen-bond donors (Lipinski definition) is 3. The van der Waals surface area contributed by atoms with Gasteiger partial charge in [-0.2, -0.15) is 0 Å². The Hall–Kier alpha value is -0.610. The van der Waals surface area contributed by atoms with E-state index in [1.807, 2.05) is 0 Å². The minimum absolute atomic E-state index is 0.101. The number of amides is 1. The minimum atomic E-state index is -0.800. The third kappa shape index (κ3) is 1.68. The lowest BCUT2D eigenvalue weighted by atomic mass is 10.1. The highest BCUT2D eigenvalue weighted by molar-refractivity contribution is 5.76. The summed E-state index contributed by atoms with van der Waals surface area (Å²) in [6, 6.07) is 0. The van der Waals surface area contributed by atoms with Crippen LogP contribution in [0.4, 0.5) is 0 Å². The van der Waals surface area contributed by atoms with Crippen molar-refractivity contribution in [1.29, 1.82) is 0 Å². The topological polar surface area (TPSA) is 69.6 Å². The van der Waals surface area contributed by atoms with E-state index in [4.69, 9.17) is 10.2 Å². The molecule has 0 saturated carbocycles. The molecule has 58 valence electrons. The van der Waals surface area contributed by atoms with Gasteiger partial charge in [0.15, 0.2) is 0 Å². The summed E-state index contributed by atoms with van der Waals surface area (Å²) >= 11 is 0. The lowest BCUT2D eigenvalue weighted by Gasteiger charge is -2.11. The highest BCUT2D eigenvalue weighted by atomic mass is 16.3. The van der Waals surface area contributed by atoms with Gasteiger partial charge in [-0.05, 0) is 6.42 Å². The first-order valence-electron chi connectivity index (χ1n) is 3.33. The Labute approximate surface area is 58.9 Å². The average molecular weight is 145 g/mol. The Morgan fingerprint density at radius 3 is 2.80 bits per heavy atom. The molecule has 0 spiro atoms. The predicted molar refractivity (Wildman–Crippen MR) is 34.3 cm³/mol. The van der Waals surface area contributed by atoms with Crippen molar-refractivity contribution in [3.63, 3.8) is 0 Å². The van der Waals surface area contributed by atoms with Crippen LogP contribution in [0.5, 0.6) is 0 Å². The van der Waals surface area contributed by atoms with Crippen LogP contribution in [0, 0.1) is 0 Å². The maximum atomic E-state index is 10.6. The number of carbonyl (C=O) groups excluding carboxylic acids is 1. The van der Waals surface area contributed by atoms with Crippen LogP contribution >= 0.6 is 0 Å². The van der Waals surface area contributed by atoms with Gasteiger partial charge in [0, 0.05) is 13.0 Å². The maximum absolute atomic E-state index is 10.6. The normalized spacial score (nSPS) is 34.8. The summed E-state index contributed by atoms with van der Waals surface area (Å²) in [7, 11) is 0. The van der Waals surface area contributed by atoms with Crippen LogP contribution in [-0.2, 0) is 4.79 Å². The molecule has 0 bridgehead atoms. The van der Waals surface area contributed by atoms with Crippen molar-refractivity contribution < 1.29 is 15.0 Å². The molecule has 1 aliphatic rings. The van der Waals surface area contributed by atoms with E-state index in [1.54, 1.807) is 0 Å². The fourth-order valence-corrected chi connectivity index (χ4v) is 0.914. The molecular weight excluding hydrogens is 134 g/mol. The zero-order valence-electron chi connectivity index (χ0n) is 5.58. The number of rotatable bonds is 0. The van der Waals surface area contributed by atoms with Crippen molar-refractivity contribution >= 4 is 5.91 Å². The summed E-state index contributed by atoms with van der Waals surface area (Å²) in [4.78, 5) is 10.6. The van der Waals surface area contributed by atoms with Gasteiger partial charge >= 0.3 is 0 Å². The van der Waals surface area contributed by atoms with Gasteiger partial charge in [-0.1, -0.05) is 0 Å². The standard InChI is InChI=1S/C6H11NO3/c8-4-1-2-6(10)7-3-5(4)9/h4-5,8-9H,1-3H2,(H,7,10). The molecule has 0 aromatic carbocycles. The van der Waals surface area contributed by atoms with E-state index in [9.17, 15) is 4.79 Å². The zero-order chi connectivity index (χ0) is 7.56. The van der Waals surface area contributed by atoms with Gasteiger partial charge in [-0.3, -0.25) is 4.79 Å². The van der Waals surface area contributed by atoms with Crippen LogP contribution in [0.25, 0.3) is 0 Å². The lowest BCUT2D eigenvalue weighted by molar-refractivity contribution is -0.121. The van der Waals surface area contributed by atoms with E-state index in [-0.39, 0.29) is 12.5 Å². The molecule has 0 aliphatic carbocycles. The van der Waals surface area contributed by atoms with Gasteiger partial charge in [-0.25, -0.2) is 0 Å². The van der Waals surface area contributed by atoms with E-state index in [2.05, 4.69) is 5.32 Å². The Morgan fingerprint density at radius 1 is 1.40 bits per heavy atom. The Kier molecular flexibility index (Phi) is 2.24. The molecule has 1 heterocycles. The van der Waals surface area contributed by atoms with E-state index in [0.717, 1.165) is 0 Å². The quantitative estimate of drug-likeness (QED) is 0.393. The molecule has 4 nitrogen and oxygen atoms in total. The summed E-state index contributed by atoms with van der Waals surface area (Å²) in [6.07, 6.45) is -0.893. The van der Waals surface area contributed by atoms with Crippen molar-refractivity contribution in [2.75, 3.05) is 6.54 Å². The van der Waals surface area contributed by atoms with Crippen molar-refractivity contribution in [1.82, 2.24) is 5.32 Å². The number of aliphatic hydroxyl groups is 2. The van der Waals surface area contributed by atoms with E-state index >= 15 is 0 Å². The summed E-state index contributed by atoms with van der Waals surface area (Å²) in [5.74, 6) is -0.101. The first-order valence-corrected chi connectivity index (χ1v) is 3.33. The fraction of sp³-hybridized carbons (Fsp3) is 0.833. The molecule has 1 aliphatic heterocycles. The second kappa shape index (κ2) is 2.98. The molecule has 2 atom stereocenters. The maximum Gasteiger partial charge on any atom is 0.220 e. The minimum Gasteiger partial charge on any atom is -0.390 e. The van der Waals surface area contributed by atoms with Crippen LogP contribution in [0.15, 0.2) is 0 Å². The van der Waals surface area contributed by atoms with Gasteiger partial charge in [0.05, 0.1) is 12.2 Å². The summed E-state index contributed by atoms with van der Waals surface area (Å²) in [5, 5.41) is 20.5. The first kappa shape index (κ1) is 7.50. The first-order chi connectivity index (χ1) is 4.70. The Balaban J connectivity index is 2.46. The molecule has 2 unspecified atom stereocenters. The van der Waals surface area contributed by atoms with Gasteiger partial charge in [0.2, 0.25) is 5.91 Å². The lowest BCUT2D eigenvalue weighted by Crippen LogP contribution is -2.34. The molecule has 1 amide bonds. The fourth-order valence-electron chi connectivity index (χ4n) is 0.914. The van der Waals surface area contributed by atoms with Crippen LogP contribution in [-0.4, -0.2) is 34.9 Å². The number of β-amino-alcohol motifs (C(OH)–C–C–N with tert-alkyl or cyclic N) is 1. The van der Waals surface area contributed by atoms with Crippen molar-refractivity contribution in [3.05, 3.63) is 0 Å². The highest BCUT2D eigenvalue weighted by Crippen LogP contribution is 2.05. The molecule has 10 heavy (non-hydrogen) atoms. The number of hydrogen-bond acceptors (Lipinski definition) is 3. The predicted octanol–water partition coefficient (Wildman–Crippen LogP) is -1.38. The van der Waals surface area contributed by atoms with Crippen molar-refractivity contribution in [3.8, 4) is 0 Å². The van der Waals surface area contributed by atoms with Crippen LogP contribution in [0.3, 0.4) is 0 Å². The third-order valence-electron chi connectivity index (χ3n) is 1.62. The second-order valence-corrected chi connectivity index (χ2v) is 2.48. The van der Waals surface area contributed by atoms with Gasteiger partial charge in [0.1, 0.15) is 0 Å². The van der Waals surface area contributed by atoms with Crippen molar-refractivity contribution in [2.24, 2.45) is 0 Å². The van der Waals surface area contributed by atoms with Crippen molar-refractivity contribution in [2.45, 2.75) is 25.0 Å². The molecule has 1 saturated heterocycles. The van der Waals surface area contributed by atoms with Crippen LogP contribution in [0.2, 0.25) is 0 Å². The number of nitrogens with one attached hydrogen (secondary N) is 1. The van der Waals surface area contributed by atoms with E-state index in [0.29, 0.717) is 12.8 Å². The average Bonchev–Trinajstić information content (AvgIpc) is 2.04. The monoisotopic (exact) mass is 145 g/mol. The molecule has 1 fully saturated rings. The molecule has 3 N–H and O–H groups in total. The third-order valence-corrected chi connectivity index (χ3v) is 1.62. The number of aliphatic hydroxyl groups excluding tert-OH is 2. The van der Waals surface area contributed by atoms with E-state index < -0.39 is 12.2 Å². The van der Waals surface area contributed by atoms with Gasteiger partial charge in [-0.15, -0.1) is 0 Å². The number of carbonyl (C=O) groups is 1. The summed E-state index contributed by atoms with van der Waals surface area (Å²) < 4.78 is 0.